The summed E-state index contributed by atoms with van der Waals surface area (Å²) in [6, 6.07) is 10.3. The number of hydrogen-bond acceptors (Lipinski definition) is 5. The van der Waals surface area contributed by atoms with Crippen molar-refractivity contribution in [3.8, 4) is 0 Å². The van der Waals surface area contributed by atoms with Crippen molar-refractivity contribution >= 4 is 11.6 Å². The van der Waals surface area contributed by atoms with Crippen molar-refractivity contribution in [1.29, 1.82) is 0 Å². The van der Waals surface area contributed by atoms with E-state index in [1.165, 1.54) is 29.5 Å². The Labute approximate surface area is 226 Å². The summed E-state index contributed by atoms with van der Waals surface area (Å²) in [6.07, 6.45) is 8.57. The van der Waals surface area contributed by atoms with Gasteiger partial charge in [-0.15, -0.1) is 10.2 Å². The lowest BCUT2D eigenvalue weighted by molar-refractivity contribution is 0.102. The molecule has 1 aliphatic heterocycles. The molecule has 1 aromatic carbocycles. The second-order valence-electron chi connectivity index (χ2n) is 12.3. The summed E-state index contributed by atoms with van der Waals surface area (Å²) in [6.45, 7) is 10.0. The van der Waals surface area contributed by atoms with Gasteiger partial charge >= 0.3 is 0 Å². The number of nitrogens with zero attached hydrogens (tertiary/aromatic N) is 5. The number of likely N-dealkylation sites (tertiary alicyclic amines) is 1. The minimum absolute atomic E-state index is 0.132. The van der Waals surface area contributed by atoms with E-state index in [1.807, 2.05) is 23.7 Å². The van der Waals surface area contributed by atoms with Gasteiger partial charge in [0.05, 0.1) is 5.41 Å². The number of carbonyl (C=O) groups is 1. The fourth-order valence-corrected chi connectivity index (χ4v) is 7.25. The summed E-state index contributed by atoms with van der Waals surface area (Å²) < 4.78 is 2.03. The summed E-state index contributed by atoms with van der Waals surface area (Å²) in [4.78, 5) is 21.0. The number of fused-ring (bicyclic) bond motifs is 1. The van der Waals surface area contributed by atoms with Crippen molar-refractivity contribution in [2.24, 2.45) is 18.9 Å². The van der Waals surface area contributed by atoms with Gasteiger partial charge in [-0.25, -0.2) is 4.98 Å². The van der Waals surface area contributed by atoms with E-state index in [9.17, 15) is 4.79 Å². The standard InChI is InChI=1S/C31H40N6O/c1-20-7-6-12-37(17-20)18-23-13-27(34-28-22(3)10-11-26(23)28)29(38)33-25-9-5-8-24(14-25)31(15-21(2)16-31)30-35-32-19-36(30)4/h5,8-9,13-14,19-22H,6-7,10-12,15-18H2,1-4H3,(H,33,38)/t20-,21?,22+,31?/m0/s1. The van der Waals surface area contributed by atoms with E-state index in [4.69, 9.17) is 4.98 Å². The van der Waals surface area contributed by atoms with Gasteiger partial charge in [0.25, 0.3) is 5.91 Å². The van der Waals surface area contributed by atoms with E-state index in [0.29, 0.717) is 17.5 Å². The summed E-state index contributed by atoms with van der Waals surface area (Å²) in [5, 5.41) is 11.8. The summed E-state index contributed by atoms with van der Waals surface area (Å²) in [5.74, 6) is 2.61. The normalized spacial score (nSPS) is 27.1. The molecule has 1 amide bonds. The number of hydrogen-bond donors (Lipinski definition) is 1. The number of aromatic nitrogens is 4. The number of rotatable bonds is 6. The molecule has 1 N–H and O–H groups in total. The van der Waals surface area contributed by atoms with Gasteiger partial charge in [-0.3, -0.25) is 9.69 Å². The molecule has 0 radical (unpaired) electrons. The molecule has 2 fully saturated rings. The average Bonchev–Trinajstić information content (AvgIpc) is 3.48. The van der Waals surface area contributed by atoms with Crippen LogP contribution >= 0.6 is 0 Å². The SMILES string of the molecule is CC1CC(c2cccc(NC(=O)c3cc(CN4CCC[C@H](C)C4)c4c(n3)[C@H](C)CC4)c2)(c2nncn2C)C1. The molecule has 2 aromatic heterocycles. The Kier molecular flexibility index (Phi) is 6.58. The van der Waals surface area contributed by atoms with Crippen LogP contribution in [0, 0.1) is 11.8 Å². The van der Waals surface area contributed by atoms with Gasteiger partial charge in [0.2, 0.25) is 0 Å². The lowest BCUT2D eigenvalue weighted by Crippen LogP contribution is -2.43. The molecule has 6 rings (SSSR count). The van der Waals surface area contributed by atoms with E-state index in [0.717, 1.165) is 68.4 Å². The average molecular weight is 513 g/mol. The first-order valence-electron chi connectivity index (χ1n) is 14.3. The summed E-state index contributed by atoms with van der Waals surface area (Å²) in [7, 11) is 2.01. The minimum atomic E-state index is -0.161. The maximum absolute atomic E-state index is 13.6. The zero-order valence-electron chi connectivity index (χ0n) is 23.2. The van der Waals surface area contributed by atoms with Crippen molar-refractivity contribution in [2.75, 3.05) is 18.4 Å². The molecule has 0 spiro atoms. The minimum Gasteiger partial charge on any atom is -0.321 e. The first-order chi connectivity index (χ1) is 18.3. The molecule has 3 aliphatic rings. The maximum atomic E-state index is 13.6. The zero-order chi connectivity index (χ0) is 26.4. The van der Waals surface area contributed by atoms with Crippen LogP contribution in [-0.4, -0.2) is 43.6 Å². The first-order valence-corrected chi connectivity index (χ1v) is 14.3. The van der Waals surface area contributed by atoms with Crippen molar-refractivity contribution in [2.45, 2.75) is 77.2 Å². The van der Waals surface area contributed by atoms with Crippen LogP contribution in [0.5, 0.6) is 0 Å². The number of piperidine rings is 1. The zero-order valence-corrected chi connectivity index (χ0v) is 23.2. The number of benzene rings is 1. The predicted octanol–water partition coefficient (Wildman–Crippen LogP) is 5.46. The van der Waals surface area contributed by atoms with E-state index >= 15 is 0 Å². The molecule has 7 nitrogen and oxygen atoms in total. The third kappa shape index (κ3) is 4.55. The van der Waals surface area contributed by atoms with Gasteiger partial charge in [0, 0.05) is 31.5 Å². The fourth-order valence-electron chi connectivity index (χ4n) is 7.25. The van der Waals surface area contributed by atoms with Crippen LogP contribution in [0.1, 0.15) is 97.5 Å². The molecule has 0 unspecified atom stereocenters. The van der Waals surface area contributed by atoms with Crippen LogP contribution in [0.4, 0.5) is 5.69 Å². The monoisotopic (exact) mass is 512 g/mol. The molecule has 0 bridgehead atoms. The third-order valence-corrected chi connectivity index (χ3v) is 9.12. The molecule has 1 saturated heterocycles. The molecular weight excluding hydrogens is 472 g/mol. The van der Waals surface area contributed by atoms with Crippen LogP contribution in [0.2, 0.25) is 0 Å². The highest BCUT2D eigenvalue weighted by Crippen LogP contribution is 2.51. The van der Waals surface area contributed by atoms with E-state index in [2.05, 4.69) is 59.4 Å². The highest BCUT2D eigenvalue weighted by atomic mass is 16.1. The fraction of sp³-hybridized carbons (Fsp3) is 0.548. The lowest BCUT2D eigenvalue weighted by atomic mass is 9.58. The van der Waals surface area contributed by atoms with Crippen LogP contribution < -0.4 is 5.32 Å². The maximum Gasteiger partial charge on any atom is 0.274 e. The molecule has 200 valence electrons. The van der Waals surface area contributed by atoms with Gasteiger partial charge in [-0.2, -0.15) is 0 Å². The van der Waals surface area contributed by atoms with Crippen molar-refractivity contribution in [1.82, 2.24) is 24.6 Å². The van der Waals surface area contributed by atoms with Crippen LogP contribution in [0.25, 0.3) is 0 Å². The molecule has 38 heavy (non-hydrogen) atoms. The largest absolute Gasteiger partial charge is 0.321 e. The van der Waals surface area contributed by atoms with Gasteiger partial charge in [0.15, 0.2) is 0 Å². The topological polar surface area (TPSA) is 75.9 Å². The highest BCUT2D eigenvalue weighted by molar-refractivity contribution is 6.03. The van der Waals surface area contributed by atoms with E-state index < -0.39 is 0 Å². The van der Waals surface area contributed by atoms with Crippen LogP contribution in [0.15, 0.2) is 36.7 Å². The Bertz CT molecular complexity index is 1340. The first kappa shape index (κ1) is 25.2. The Morgan fingerprint density at radius 3 is 2.71 bits per heavy atom. The second-order valence-corrected chi connectivity index (χ2v) is 12.3. The second kappa shape index (κ2) is 9.92. The van der Waals surface area contributed by atoms with Gasteiger partial charge < -0.3 is 9.88 Å². The Morgan fingerprint density at radius 2 is 1.97 bits per heavy atom. The number of anilines is 1. The molecule has 2 atom stereocenters. The molecular formula is C31H40N6O. The van der Waals surface area contributed by atoms with Crippen LogP contribution in [0.3, 0.4) is 0 Å². The molecule has 3 heterocycles. The van der Waals surface area contributed by atoms with E-state index in [1.54, 1.807) is 6.33 Å². The van der Waals surface area contributed by atoms with Gasteiger partial charge in [0.1, 0.15) is 17.8 Å². The predicted molar refractivity (Wildman–Crippen MR) is 149 cm³/mol. The molecule has 1 saturated carbocycles. The van der Waals surface area contributed by atoms with Crippen LogP contribution in [-0.2, 0) is 25.4 Å². The number of nitrogens with one attached hydrogen (secondary N) is 1. The summed E-state index contributed by atoms with van der Waals surface area (Å²) in [5.41, 5.74) is 6.14. The van der Waals surface area contributed by atoms with Crippen molar-refractivity contribution in [3.63, 3.8) is 0 Å². The Morgan fingerprint density at radius 1 is 1.13 bits per heavy atom. The Hall–Kier alpha value is -3.06. The van der Waals surface area contributed by atoms with Gasteiger partial charge in [-0.05, 0) is 97.7 Å². The van der Waals surface area contributed by atoms with Crippen molar-refractivity contribution < 1.29 is 4.79 Å². The third-order valence-electron chi connectivity index (χ3n) is 9.12. The van der Waals surface area contributed by atoms with Crippen molar-refractivity contribution in [3.05, 3.63) is 70.6 Å². The van der Waals surface area contributed by atoms with Gasteiger partial charge in [-0.1, -0.05) is 32.9 Å². The molecule has 3 aromatic rings. The summed E-state index contributed by atoms with van der Waals surface area (Å²) >= 11 is 0. The van der Waals surface area contributed by atoms with E-state index in [-0.39, 0.29) is 11.3 Å². The number of aryl methyl sites for hydroxylation is 1. The Balaban J connectivity index is 1.27. The number of pyridine rings is 1. The molecule has 2 aliphatic carbocycles. The highest BCUT2D eigenvalue weighted by Gasteiger charge is 2.48. The molecule has 7 heteroatoms. The number of amides is 1. The lowest BCUT2D eigenvalue weighted by Gasteiger charge is -2.46. The number of carbonyl (C=O) groups excluding carboxylic acids is 1. The quantitative estimate of drug-likeness (QED) is 0.475. The smallest absolute Gasteiger partial charge is 0.274 e.